The molecule has 1 heterocycles. The third-order valence-corrected chi connectivity index (χ3v) is 4.12. The van der Waals surface area contributed by atoms with Gasteiger partial charge in [-0.05, 0) is 51.7 Å². The lowest BCUT2D eigenvalue weighted by molar-refractivity contribution is -0.126. The standard InChI is InChI=1S/C17H23ClN2.C2H4O2/c1-4-20-16(10-11-17(20)13-19(2)3)9-8-14-6-5-7-15(18)12-14;1-4-2-3/h5-7,12,16-17H,4,10-11,13H2,1-3H3;2H,1H3. The quantitative estimate of drug-likeness (QED) is 0.617. The van der Waals surface area contributed by atoms with Crippen molar-refractivity contribution in [3.8, 4) is 11.8 Å². The molecule has 4 nitrogen and oxygen atoms in total. The van der Waals surface area contributed by atoms with Gasteiger partial charge in [0.15, 0.2) is 0 Å². The van der Waals surface area contributed by atoms with Crippen molar-refractivity contribution in [1.82, 2.24) is 9.80 Å². The fraction of sp³-hybridized carbons (Fsp3) is 0.526. The fourth-order valence-electron chi connectivity index (χ4n) is 2.92. The highest BCUT2D eigenvalue weighted by molar-refractivity contribution is 6.30. The topological polar surface area (TPSA) is 32.8 Å². The lowest BCUT2D eigenvalue weighted by atomic mass is 10.1. The van der Waals surface area contributed by atoms with E-state index in [2.05, 4.69) is 47.4 Å². The molecular weight excluding hydrogens is 324 g/mol. The number of likely N-dealkylation sites (tertiary alicyclic amines) is 1. The number of likely N-dealkylation sites (N-methyl/N-ethyl adjacent to an activating group) is 2. The zero-order valence-corrected chi connectivity index (χ0v) is 15.7. The van der Waals surface area contributed by atoms with Crippen molar-refractivity contribution in [2.24, 2.45) is 0 Å². The second kappa shape index (κ2) is 11.1. The van der Waals surface area contributed by atoms with Crippen molar-refractivity contribution in [3.63, 3.8) is 0 Å². The number of benzene rings is 1. The first kappa shape index (κ1) is 20.5. The molecule has 0 radical (unpaired) electrons. The number of halogens is 1. The van der Waals surface area contributed by atoms with Crippen molar-refractivity contribution >= 4 is 18.1 Å². The summed E-state index contributed by atoms with van der Waals surface area (Å²) in [4.78, 5) is 13.7. The number of methoxy groups -OCH3 is 1. The normalized spacial score (nSPS) is 19.9. The minimum absolute atomic E-state index is 0.375. The Kier molecular flexibility index (Phi) is 9.48. The summed E-state index contributed by atoms with van der Waals surface area (Å²) in [5, 5.41) is 0.751. The van der Waals surface area contributed by atoms with E-state index in [0.717, 1.165) is 23.7 Å². The van der Waals surface area contributed by atoms with Crippen molar-refractivity contribution < 1.29 is 9.53 Å². The third-order valence-electron chi connectivity index (χ3n) is 3.89. The Morgan fingerprint density at radius 2 is 2.12 bits per heavy atom. The van der Waals surface area contributed by atoms with Gasteiger partial charge < -0.3 is 9.64 Å². The molecule has 0 saturated carbocycles. The molecule has 1 aliphatic heterocycles. The van der Waals surface area contributed by atoms with Gasteiger partial charge in [0.05, 0.1) is 13.2 Å². The van der Waals surface area contributed by atoms with Crippen LogP contribution in [-0.4, -0.2) is 62.7 Å². The molecule has 2 atom stereocenters. The van der Waals surface area contributed by atoms with E-state index in [0.29, 0.717) is 18.6 Å². The predicted molar refractivity (Wildman–Crippen MR) is 99.1 cm³/mol. The Morgan fingerprint density at radius 1 is 1.42 bits per heavy atom. The zero-order valence-electron chi connectivity index (χ0n) is 15.0. The van der Waals surface area contributed by atoms with Crippen molar-refractivity contribution in [2.75, 3.05) is 34.3 Å². The molecule has 5 heteroatoms. The second-order valence-electron chi connectivity index (χ2n) is 5.95. The average Bonchev–Trinajstić information content (AvgIpc) is 2.94. The van der Waals surface area contributed by atoms with E-state index < -0.39 is 0 Å². The van der Waals surface area contributed by atoms with E-state index >= 15 is 0 Å². The highest BCUT2D eigenvalue weighted by Gasteiger charge is 2.31. The first-order valence-corrected chi connectivity index (χ1v) is 8.53. The van der Waals surface area contributed by atoms with Crippen molar-refractivity contribution in [2.45, 2.75) is 31.8 Å². The molecule has 24 heavy (non-hydrogen) atoms. The SMILES string of the molecule is CCN1C(C#Cc2cccc(Cl)c2)CCC1CN(C)C.COC=O. The molecule has 1 fully saturated rings. The van der Waals surface area contributed by atoms with E-state index in [1.807, 2.05) is 24.3 Å². The smallest absolute Gasteiger partial charge is 0.292 e. The van der Waals surface area contributed by atoms with Crippen LogP contribution in [0.2, 0.25) is 5.02 Å². The summed E-state index contributed by atoms with van der Waals surface area (Å²) in [6.45, 7) is 4.78. The van der Waals surface area contributed by atoms with Crippen LogP contribution in [0.1, 0.15) is 25.3 Å². The average molecular weight is 351 g/mol. The molecule has 0 aromatic heterocycles. The number of carbonyl (C=O) groups excluding carboxylic acids is 1. The summed E-state index contributed by atoms with van der Waals surface area (Å²) in [5.41, 5.74) is 1.00. The van der Waals surface area contributed by atoms with Gasteiger partial charge in [-0.1, -0.05) is 36.4 Å². The molecule has 0 spiro atoms. The summed E-state index contributed by atoms with van der Waals surface area (Å²) in [7, 11) is 5.59. The molecule has 1 saturated heterocycles. The summed E-state index contributed by atoms with van der Waals surface area (Å²) >= 11 is 5.99. The van der Waals surface area contributed by atoms with Crippen LogP contribution >= 0.6 is 11.6 Å². The lowest BCUT2D eigenvalue weighted by Gasteiger charge is -2.28. The van der Waals surface area contributed by atoms with Crippen LogP contribution in [0, 0.1) is 11.8 Å². The molecular formula is C19H27ClN2O2. The third kappa shape index (κ3) is 6.92. The van der Waals surface area contributed by atoms with Gasteiger partial charge in [-0.25, -0.2) is 0 Å². The van der Waals surface area contributed by atoms with Crippen molar-refractivity contribution in [1.29, 1.82) is 0 Å². The van der Waals surface area contributed by atoms with E-state index in [9.17, 15) is 0 Å². The Labute approximate surface area is 150 Å². The molecule has 0 amide bonds. The molecule has 2 rings (SSSR count). The van der Waals surface area contributed by atoms with Gasteiger partial charge in [-0.2, -0.15) is 0 Å². The van der Waals surface area contributed by atoms with Crippen LogP contribution in [-0.2, 0) is 9.53 Å². The van der Waals surface area contributed by atoms with Crippen molar-refractivity contribution in [3.05, 3.63) is 34.9 Å². The molecule has 0 N–H and O–H groups in total. The molecule has 132 valence electrons. The lowest BCUT2D eigenvalue weighted by Crippen LogP contribution is -2.40. The summed E-state index contributed by atoms with van der Waals surface area (Å²) in [6, 6.07) is 8.79. The molecule has 2 unspecified atom stereocenters. The summed E-state index contributed by atoms with van der Waals surface area (Å²) in [5.74, 6) is 6.70. The number of rotatable bonds is 4. The molecule has 1 aliphatic rings. The van der Waals surface area contributed by atoms with Gasteiger partial charge in [0.1, 0.15) is 0 Å². The molecule has 1 aromatic rings. The van der Waals surface area contributed by atoms with Crippen LogP contribution in [0.25, 0.3) is 0 Å². The second-order valence-corrected chi connectivity index (χ2v) is 6.39. The van der Waals surface area contributed by atoms with Crippen LogP contribution in [0.15, 0.2) is 24.3 Å². The first-order valence-electron chi connectivity index (χ1n) is 8.15. The van der Waals surface area contributed by atoms with E-state index in [1.54, 1.807) is 0 Å². The maximum atomic E-state index is 8.95. The number of nitrogens with zero attached hydrogens (tertiary/aromatic N) is 2. The van der Waals surface area contributed by atoms with Gasteiger partial charge in [0.2, 0.25) is 0 Å². The molecule has 0 aliphatic carbocycles. The monoisotopic (exact) mass is 350 g/mol. The maximum absolute atomic E-state index is 8.95. The largest absolute Gasteiger partial charge is 0.471 e. The van der Waals surface area contributed by atoms with Gasteiger partial charge in [0, 0.05) is 23.2 Å². The Bertz CT molecular complexity index is 566. The minimum atomic E-state index is 0.375. The van der Waals surface area contributed by atoms with Gasteiger partial charge in [-0.3, -0.25) is 9.69 Å². The van der Waals surface area contributed by atoms with E-state index in [-0.39, 0.29) is 0 Å². The predicted octanol–water partition coefficient (Wildman–Crippen LogP) is 2.90. The van der Waals surface area contributed by atoms with E-state index in [4.69, 9.17) is 16.4 Å². The maximum Gasteiger partial charge on any atom is 0.292 e. The molecule has 0 bridgehead atoms. The fourth-order valence-corrected chi connectivity index (χ4v) is 3.11. The molecule has 1 aromatic carbocycles. The van der Waals surface area contributed by atoms with Gasteiger partial charge in [0.25, 0.3) is 6.47 Å². The summed E-state index contributed by atoms with van der Waals surface area (Å²) in [6.07, 6.45) is 2.40. The van der Waals surface area contributed by atoms with Crippen LogP contribution in [0.3, 0.4) is 0 Å². The Balaban J connectivity index is 0.000000648. The first-order chi connectivity index (χ1) is 11.5. The number of hydrogen-bond acceptors (Lipinski definition) is 4. The highest BCUT2D eigenvalue weighted by Crippen LogP contribution is 2.24. The summed E-state index contributed by atoms with van der Waals surface area (Å²) < 4.78 is 3.86. The van der Waals surface area contributed by atoms with Gasteiger partial charge in [-0.15, -0.1) is 0 Å². The minimum Gasteiger partial charge on any atom is -0.471 e. The number of hydrogen-bond donors (Lipinski definition) is 0. The zero-order chi connectivity index (χ0) is 17.9. The number of ether oxygens (including phenoxy) is 1. The van der Waals surface area contributed by atoms with Crippen LogP contribution in [0.5, 0.6) is 0 Å². The van der Waals surface area contributed by atoms with Crippen LogP contribution < -0.4 is 0 Å². The highest BCUT2D eigenvalue weighted by atomic mass is 35.5. The van der Waals surface area contributed by atoms with E-state index in [1.165, 1.54) is 20.0 Å². The Hall–Kier alpha value is -1.54. The van der Waals surface area contributed by atoms with Crippen LogP contribution in [0.4, 0.5) is 0 Å². The Morgan fingerprint density at radius 3 is 2.67 bits per heavy atom. The number of carbonyl (C=O) groups is 1. The van der Waals surface area contributed by atoms with Gasteiger partial charge >= 0.3 is 0 Å².